The lowest BCUT2D eigenvalue weighted by atomic mass is 10.3. The number of para-hydroxylation sites is 1. The maximum atomic E-state index is 12.2. The van der Waals surface area contributed by atoms with E-state index in [2.05, 4.69) is 10.4 Å². The molecule has 0 aliphatic carbocycles. The Hall–Kier alpha value is -1.85. The standard InChI is InChI=1S/C16H16ClN3OS/c1-9(2)18-15(21)14-8-11-10(3)19-20(16(11)22-14)13-7-5-4-6-12(13)17/h4-9H,1-3H3,(H,18,21). The fraction of sp³-hybridized carbons (Fsp3) is 0.250. The van der Waals surface area contributed by atoms with Crippen molar-refractivity contribution in [2.75, 3.05) is 0 Å². The Balaban J connectivity index is 2.12. The van der Waals surface area contributed by atoms with Crippen LogP contribution in [-0.2, 0) is 0 Å². The predicted molar refractivity (Wildman–Crippen MR) is 91.3 cm³/mol. The number of amides is 1. The number of benzene rings is 1. The number of rotatable bonds is 3. The number of hydrogen-bond acceptors (Lipinski definition) is 3. The van der Waals surface area contributed by atoms with Crippen LogP contribution in [0, 0.1) is 6.92 Å². The Bertz CT molecular complexity index is 850. The summed E-state index contributed by atoms with van der Waals surface area (Å²) in [5.41, 5.74) is 1.70. The molecule has 4 nitrogen and oxygen atoms in total. The van der Waals surface area contributed by atoms with Gasteiger partial charge in [0.1, 0.15) is 4.83 Å². The van der Waals surface area contributed by atoms with Gasteiger partial charge in [-0.1, -0.05) is 23.7 Å². The van der Waals surface area contributed by atoms with Gasteiger partial charge in [0.15, 0.2) is 0 Å². The second kappa shape index (κ2) is 5.74. The van der Waals surface area contributed by atoms with Crippen LogP contribution in [0.3, 0.4) is 0 Å². The Kier molecular flexibility index (Phi) is 3.93. The molecule has 3 aromatic rings. The number of nitrogens with zero attached hydrogens (tertiary/aromatic N) is 2. The van der Waals surface area contributed by atoms with Crippen LogP contribution >= 0.6 is 22.9 Å². The third-order valence-corrected chi connectivity index (χ3v) is 4.70. The van der Waals surface area contributed by atoms with Crippen molar-refractivity contribution in [1.82, 2.24) is 15.1 Å². The molecule has 0 radical (unpaired) electrons. The molecule has 0 unspecified atom stereocenters. The fourth-order valence-corrected chi connectivity index (χ4v) is 3.57. The number of halogens is 1. The highest BCUT2D eigenvalue weighted by Crippen LogP contribution is 2.32. The van der Waals surface area contributed by atoms with Gasteiger partial charge >= 0.3 is 0 Å². The maximum Gasteiger partial charge on any atom is 0.261 e. The van der Waals surface area contributed by atoms with E-state index in [0.29, 0.717) is 9.90 Å². The van der Waals surface area contributed by atoms with Crippen LogP contribution in [0.1, 0.15) is 29.2 Å². The Labute approximate surface area is 137 Å². The average molecular weight is 334 g/mol. The summed E-state index contributed by atoms with van der Waals surface area (Å²) in [7, 11) is 0. The van der Waals surface area contributed by atoms with Gasteiger partial charge in [0.05, 0.1) is 21.3 Å². The van der Waals surface area contributed by atoms with Crippen LogP contribution in [0.15, 0.2) is 30.3 Å². The Morgan fingerprint density at radius 2 is 2.09 bits per heavy atom. The number of carbonyl (C=O) groups is 1. The van der Waals surface area contributed by atoms with E-state index >= 15 is 0 Å². The number of aromatic nitrogens is 2. The van der Waals surface area contributed by atoms with E-state index in [4.69, 9.17) is 11.6 Å². The Morgan fingerprint density at radius 1 is 1.36 bits per heavy atom. The molecule has 2 aromatic heterocycles. The first kappa shape index (κ1) is 15.1. The molecule has 1 amide bonds. The van der Waals surface area contributed by atoms with Gasteiger partial charge in [-0.3, -0.25) is 4.79 Å². The van der Waals surface area contributed by atoms with Crippen molar-refractivity contribution < 1.29 is 4.79 Å². The lowest BCUT2D eigenvalue weighted by Gasteiger charge is -2.06. The van der Waals surface area contributed by atoms with E-state index < -0.39 is 0 Å². The van der Waals surface area contributed by atoms with E-state index in [1.165, 1.54) is 11.3 Å². The molecule has 2 heterocycles. The molecule has 22 heavy (non-hydrogen) atoms. The Morgan fingerprint density at radius 3 is 2.77 bits per heavy atom. The summed E-state index contributed by atoms with van der Waals surface area (Å²) in [6.45, 7) is 5.83. The topological polar surface area (TPSA) is 46.9 Å². The molecule has 3 rings (SSSR count). The molecule has 1 aromatic carbocycles. The first-order chi connectivity index (χ1) is 10.5. The smallest absolute Gasteiger partial charge is 0.261 e. The van der Waals surface area contributed by atoms with E-state index in [9.17, 15) is 4.79 Å². The molecule has 0 saturated carbocycles. The zero-order chi connectivity index (χ0) is 15.9. The quantitative estimate of drug-likeness (QED) is 0.781. The van der Waals surface area contributed by atoms with E-state index in [-0.39, 0.29) is 11.9 Å². The summed E-state index contributed by atoms with van der Waals surface area (Å²) in [6.07, 6.45) is 0. The molecule has 0 atom stereocenters. The number of nitrogens with one attached hydrogen (secondary N) is 1. The zero-order valence-electron chi connectivity index (χ0n) is 12.6. The zero-order valence-corrected chi connectivity index (χ0v) is 14.1. The van der Waals surface area contributed by atoms with Crippen LogP contribution < -0.4 is 5.32 Å². The highest BCUT2D eigenvalue weighted by Gasteiger charge is 2.18. The summed E-state index contributed by atoms with van der Waals surface area (Å²) < 4.78 is 1.81. The molecule has 0 aliphatic heterocycles. The van der Waals surface area contributed by atoms with Gasteiger partial charge in [-0.15, -0.1) is 11.3 Å². The molecule has 0 saturated heterocycles. The third-order valence-electron chi connectivity index (χ3n) is 3.27. The second-order valence-corrected chi connectivity index (χ2v) is 6.84. The highest BCUT2D eigenvalue weighted by atomic mass is 35.5. The molecule has 0 spiro atoms. The molecule has 1 N–H and O–H groups in total. The van der Waals surface area contributed by atoms with Crippen molar-refractivity contribution in [2.45, 2.75) is 26.8 Å². The average Bonchev–Trinajstić information content (AvgIpc) is 3.00. The first-order valence-electron chi connectivity index (χ1n) is 7.02. The molecular weight excluding hydrogens is 318 g/mol. The molecule has 0 fully saturated rings. The van der Waals surface area contributed by atoms with Gasteiger partial charge in [0.25, 0.3) is 5.91 Å². The predicted octanol–water partition coefficient (Wildman–Crippen LogP) is 4.19. The van der Waals surface area contributed by atoms with Gasteiger partial charge in [-0.25, -0.2) is 4.68 Å². The van der Waals surface area contributed by atoms with Crippen LogP contribution in [-0.4, -0.2) is 21.7 Å². The van der Waals surface area contributed by atoms with Crippen LogP contribution in [0.5, 0.6) is 0 Å². The number of aryl methyl sites for hydroxylation is 1. The van der Waals surface area contributed by atoms with Crippen molar-refractivity contribution in [3.05, 3.63) is 45.9 Å². The van der Waals surface area contributed by atoms with Gasteiger partial charge in [0, 0.05) is 11.4 Å². The summed E-state index contributed by atoms with van der Waals surface area (Å²) in [5.74, 6) is -0.0543. The van der Waals surface area contributed by atoms with E-state index in [1.54, 1.807) is 0 Å². The lowest BCUT2D eigenvalue weighted by molar-refractivity contribution is 0.0947. The van der Waals surface area contributed by atoms with Crippen LogP contribution in [0.2, 0.25) is 5.02 Å². The molecular formula is C16H16ClN3OS. The van der Waals surface area contributed by atoms with Crippen molar-refractivity contribution in [2.24, 2.45) is 0 Å². The molecule has 0 bridgehead atoms. The number of carbonyl (C=O) groups excluding carboxylic acids is 1. The number of thiophene rings is 1. The minimum absolute atomic E-state index is 0.0543. The normalized spacial score (nSPS) is 11.3. The summed E-state index contributed by atoms with van der Waals surface area (Å²) >= 11 is 7.70. The van der Waals surface area contributed by atoms with Crippen molar-refractivity contribution in [3.63, 3.8) is 0 Å². The molecule has 114 valence electrons. The highest BCUT2D eigenvalue weighted by molar-refractivity contribution is 7.20. The van der Waals surface area contributed by atoms with E-state index in [1.807, 2.05) is 55.8 Å². The number of fused-ring (bicyclic) bond motifs is 1. The van der Waals surface area contributed by atoms with Crippen LogP contribution in [0.4, 0.5) is 0 Å². The van der Waals surface area contributed by atoms with E-state index in [0.717, 1.165) is 21.6 Å². The first-order valence-corrected chi connectivity index (χ1v) is 8.21. The summed E-state index contributed by atoms with van der Waals surface area (Å²) in [6, 6.07) is 9.56. The lowest BCUT2D eigenvalue weighted by Crippen LogP contribution is -2.29. The monoisotopic (exact) mass is 333 g/mol. The van der Waals surface area contributed by atoms with Gasteiger partial charge < -0.3 is 5.32 Å². The SMILES string of the molecule is Cc1nn(-c2ccccc2Cl)c2sc(C(=O)NC(C)C)cc12. The molecule has 0 aliphatic rings. The van der Waals surface area contributed by atoms with Gasteiger partial charge in [-0.05, 0) is 39.0 Å². The van der Waals surface area contributed by atoms with Crippen LogP contribution in [0.25, 0.3) is 15.9 Å². The minimum atomic E-state index is -0.0543. The van der Waals surface area contributed by atoms with Gasteiger partial charge in [0.2, 0.25) is 0 Å². The van der Waals surface area contributed by atoms with Crippen molar-refractivity contribution in [1.29, 1.82) is 0 Å². The van der Waals surface area contributed by atoms with Crippen molar-refractivity contribution >= 4 is 39.1 Å². The fourth-order valence-electron chi connectivity index (χ4n) is 2.28. The molecule has 6 heteroatoms. The third kappa shape index (κ3) is 2.62. The summed E-state index contributed by atoms with van der Waals surface area (Å²) in [4.78, 5) is 13.8. The number of hydrogen-bond donors (Lipinski definition) is 1. The minimum Gasteiger partial charge on any atom is -0.349 e. The largest absolute Gasteiger partial charge is 0.349 e. The second-order valence-electron chi connectivity index (χ2n) is 5.41. The van der Waals surface area contributed by atoms with Crippen molar-refractivity contribution in [3.8, 4) is 5.69 Å². The maximum absolute atomic E-state index is 12.2. The summed E-state index contributed by atoms with van der Waals surface area (Å²) in [5, 5.41) is 9.09. The van der Waals surface area contributed by atoms with Gasteiger partial charge in [-0.2, -0.15) is 5.10 Å².